The zero-order valence-electron chi connectivity index (χ0n) is 10.4. The first-order valence-electron chi connectivity index (χ1n) is 5.63. The molecule has 0 amide bonds. The summed E-state index contributed by atoms with van der Waals surface area (Å²) in [6.45, 7) is 3.83. The second-order valence-corrected chi connectivity index (χ2v) is 5.74. The summed E-state index contributed by atoms with van der Waals surface area (Å²) in [6, 6.07) is 10.8. The highest BCUT2D eigenvalue weighted by molar-refractivity contribution is 7.85. The first-order chi connectivity index (χ1) is 8.49. The Labute approximate surface area is 109 Å². The van der Waals surface area contributed by atoms with Gasteiger partial charge in [0.2, 0.25) is 0 Å². The molecular weight excluding hydrogens is 244 g/mol. The molecule has 4 heteroatoms. The molecule has 0 atom stereocenters. The molecule has 0 aliphatic carbocycles. The highest BCUT2D eigenvalue weighted by Crippen LogP contribution is 2.25. The number of hydrogen-bond acceptors (Lipinski definition) is 3. The zero-order valence-corrected chi connectivity index (χ0v) is 11.3. The van der Waals surface area contributed by atoms with Gasteiger partial charge in [0.25, 0.3) is 0 Å². The minimum Gasteiger partial charge on any atom is -0.399 e. The molecule has 94 valence electrons. The third-order valence-corrected chi connectivity index (χ3v) is 4.51. The van der Waals surface area contributed by atoms with E-state index in [2.05, 4.69) is 0 Å². The molecule has 0 bridgehead atoms. The van der Waals surface area contributed by atoms with Crippen LogP contribution >= 0.6 is 0 Å². The second-order valence-electron chi connectivity index (χ2n) is 4.32. The largest absolute Gasteiger partial charge is 0.399 e. The van der Waals surface area contributed by atoms with Crippen molar-refractivity contribution in [2.24, 2.45) is 0 Å². The Bertz CT molecular complexity index is 570. The lowest BCUT2D eigenvalue weighted by Gasteiger charge is -2.09. The van der Waals surface area contributed by atoms with Crippen LogP contribution in [0.5, 0.6) is 0 Å². The topological polar surface area (TPSA) is 69.1 Å². The molecule has 18 heavy (non-hydrogen) atoms. The van der Waals surface area contributed by atoms with E-state index in [0.717, 1.165) is 20.9 Å². The maximum atomic E-state index is 12.5. The fraction of sp³-hybridized carbons (Fsp3) is 0.143. The number of rotatable bonds is 2. The highest BCUT2D eigenvalue weighted by atomic mass is 32.2. The summed E-state index contributed by atoms with van der Waals surface area (Å²) < 4.78 is 12.5. The maximum Gasteiger partial charge on any atom is 0.0855 e. The van der Waals surface area contributed by atoms with Crippen LogP contribution in [0.2, 0.25) is 0 Å². The van der Waals surface area contributed by atoms with Crippen molar-refractivity contribution < 1.29 is 4.21 Å². The summed E-state index contributed by atoms with van der Waals surface area (Å²) in [5.41, 5.74) is 14.6. The van der Waals surface area contributed by atoms with Crippen molar-refractivity contribution in [1.82, 2.24) is 0 Å². The Hall–Kier alpha value is -1.81. The van der Waals surface area contributed by atoms with Crippen molar-refractivity contribution in [3.63, 3.8) is 0 Å². The molecule has 0 saturated heterocycles. The lowest BCUT2D eigenvalue weighted by Crippen LogP contribution is -2.00. The van der Waals surface area contributed by atoms with E-state index < -0.39 is 10.8 Å². The van der Waals surface area contributed by atoms with Gasteiger partial charge in [-0.25, -0.2) is 4.21 Å². The number of nitrogens with two attached hydrogens (primary N) is 2. The van der Waals surface area contributed by atoms with Crippen LogP contribution in [0.4, 0.5) is 11.4 Å². The number of benzene rings is 2. The molecule has 4 N–H and O–H groups in total. The van der Waals surface area contributed by atoms with E-state index in [-0.39, 0.29) is 0 Å². The lowest BCUT2D eigenvalue weighted by molar-refractivity contribution is 0.682. The fourth-order valence-electron chi connectivity index (χ4n) is 1.88. The van der Waals surface area contributed by atoms with Crippen molar-refractivity contribution in [3.05, 3.63) is 47.5 Å². The molecule has 0 aliphatic rings. The predicted octanol–water partition coefficient (Wildman–Crippen LogP) is 2.63. The molecule has 0 spiro atoms. The quantitative estimate of drug-likeness (QED) is 0.815. The van der Waals surface area contributed by atoms with Crippen LogP contribution in [-0.4, -0.2) is 4.21 Å². The van der Waals surface area contributed by atoms with E-state index in [4.69, 9.17) is 11.5 Å². The first kappa shape index (κ1) is 12.6. The normalized spacial score (nSPS) is 10.8. The van der Waals surface area contributed by atoms with E-state index >= 15 is 0 Å². The van der Waals surface area contributed by atoms with Crippen molar-refractivity contribution >= 4 is 22.2 Å². The van der Waals surface area contributed by atoms with Gasteiger partial charge in [-0.2, -0.15) is 0 Å². The molecule has 0 fully saturated rings. The van der Waals surface area contributed by atoms with Crippen LogP contribution in [0.15, 0.2) is 46.2 Å². The summed E-state index contributed by atoms with van der Waals surface area (Å²) in [7, 11) is -1.20. The van der Waals surface area contributed by atoms with E-state index in [1.807, 2.05) is 38.1 Å². The molecular formula is C14H16N2OS. The Balaban J connectivity index is 2.48. The Kier molecular flexibility index (Phi) is 3.39. The lowest BCUT2D eigenvalue weighted by atomic mass is 10.2. The van der Waals surface area contributed by atoms with Crippen LogP contribution in [0.25, 0.3) is 0 Å². The molecule has 2 aromatic rings. The smallest absolute Gasteiger partial charge is 0.0855 e. The molecule has 0 aromatic heterocycles. The summed E-state index contributed by atoms with van der Waals surface area (Å²) in [6.07, 6.45) is 0. The van der Waals surface area contributed by atoms with Gasteiger partial charge in [-0.3, -0.25) is 0 Å². The summed E-state index contributed by atoms with van der Waals surface area (Å²) in [5.74, 6) is 0. The van der Waals surface area contributed by atoms with Crippen LogP contribution in [-0.2, 0) is 10.8 Å². The number of aryl methyl sites for hydroxylation is 2. The van der Waals surface area contributed by atoms with Crippen molar-refractivity contribution in [1.29, 1.82) is 0 Å². The van der Waals surface area contributed by atoms with Crippen LogP contribution in [0.3, 0.4) is 0 Å². The minimum atomic E-state index is -1.20. The van der Waals surface area contributed by atoms with Gasteiger partial charge in [0.15, 0.2) is 0 Å². The number of anilines is 2. The third-order valence-electron chi connectivity index (χ3n) is 2.80. The van der Waals surface area contributed by atoms with E-state index in [9.17, 15) is 4.21 Å². The average molecular weight is 260 g/mol. The van der Waals surface area contributed by atoms with Gasteiger partial charge in [0.1, 0.15) is 0 Å². The van der Waals surface area contributed by atoms with E-state index in [1.165, 1.54) is 0 Å². The van der Waals surface area contributed by atoms with Crippen LogP contribution in [0.1, 0.15) is 11.1 Å². The summed E-state index contributed by atoms with van der Waals surface area (Å²) in [5, 5.41) is 0. The van der Waals surface area contributed by atoms with E-state index in [0.29, 0.717) is 11.4 Å². The van der Waals surface area contributed by atoms with Gasteiger partial charge in [0.05, 0.1) is 10.8 Å². The summed E-state index contributed by atoms with van der Waals surface area (Å²) >= 11 is 0. The molecule has 3 nitrogen and oxygen atoms in total. The maximum absolute atomic E-state index is 12.5. The molecule has 0 aliphatic heterocycles. The molecule has 0 unspecified atom stereocenters. The van der Waals surface area contributed by atoms with Crippen LogP contribution in [0, 0.1) is 13.8 Å². The third kappa shape index (κ3) is 2.38. The second kappa shape index (κ2) is 4.82. The first-order valence-corrected chi connectivity index (χ1v) is 6.78. The van der Waals surface area contributed by atoms with Gasteiger partial charge < -0.3 is 11.5 Å². The molecule has 2 aromatic carbocycles. The Morgan fingerprint density at radius 3 is 1.56 bits per heavy atom. The van der Waals surface area contributed by atoms with Gasteiger partial charge in [-0.05, 0) is 61.4 Å². The number of nitrogen functional groups attached to an aromatic ring is 2. The van der Waals surface area contributed by atoms with Crippen molar-refractivity contribution in [2.75, 3.05) is 11.5 Å². The molecule has 0 radical (unpaired) electrons. The van der Waals surface area contributed by atoms with Gasteiger partial charge in [-0.1, -0.05) is 0 Å². The summed E-state index contributed by atoms with van der Waals surface area (Å²) in [4.78, 5) is 1.58. The van der Waals surface area contributed by atoms with Crippen molar-refractivity contribution in [3.8, 4) is 0 Å². The zero-order chi connectivity index (χ0) is 13.3. The molecule has 0 saturated carbocycles. The number of hydrogen-bond donors (Lipinski definition) is 2. The van der Waals surface area contributed by atoms with Crippen LogP contribution < -0.4 is 11.5 Å². The standard InChI is InChI=1S/C14H16N2OS/c1-9-7-11(15)3-5-13(9)18(17)14-6-4-12(16)8-10(14)2/h3-8H,15-16H2,1-2H3. The van der Waals surface area contributed by atoms with Gasteiger partial charge in [0, 0.05) is 21.2 Å². The predicted molar refractivity (Wildman–Crippen MR) is 75.9 cm³/mol. The average Bonchev–Trinajstić information content (AvgIpc) is 2.28. The SMILES string of the molecule is Cc1cc(N)ccc1S(=O)c1ccc(N)cc1C. The van der Waals surface area contributed by atoms with Gasteiger partial charge >= 0.3 is 0 Å². The molecule has 2 rings (SSSR count). The fourth-order valence-corrected chi connectivity index (χ4v) is 3.20. The Morgan fingerprint density at radius 2 is 1.22 bits per heavy atom. The highest BCUT2D eigenvalue weighted by Gasteiger charge is 2.12. The van der Waals surface area contributed by atoms with Gasteiger partial charge in [-0.15, -0.1) is 0 Å². The van der Waals surface area contributed by atoms with E-state index in [1.54, 1.807) is 12.1 Å². The molecule has 0 heterocycles. The monoisotopic (exact) mass is 260 g/mol. The Morgan fingerprint density at radius 1 is 0.833 bits per heavy atom. The van der Waals surface area contributed by atoms with Crippen molar-refractivity contribution in [2.45, 2.75) is 23.6 Å². The minimum absolute atomic E-state index is 0.683.